The molecule has 2 aromatic rings. The number of aromatic nitrogens is 2. The Bertz CT molecular complexity index is 980. The Hall–Kier alpha value is -2.63. The number of esters is 1. The van der Waals surface area contributed by atoms with Crippen LogP contribution in [-0.4, -0.2) is 35.6 Å². The summed E-state index contributed by atoms with van der Waals surface area (Å²) < 4.78 is 34.6. The first kappa shape index (κ1) is 23.6. The molecule has 8 heteroatoms. The number of rotatable bonds is 8. The summed E-state index contributed by atoms with van der Waals surface area (Å²) in [4.78, 5) is 16.1. The lowest BCUT2D eigenvalue weighted by Gasteiger charge is -2.22. The highest BCUT2D eigenvalue weighted by molar-refractivity contribution is 7.89. The van der Waals surface area contributed by atoms with Crippen LogP contribution in [0.25, 0.3) is 0 Å². The number of benzene rings is 1. The van der Waals surface area contributed by atoms with Crippen LogP contribution >= 0.6 is 0 Å². The van der Waals surface area contributed by atoms with E-state index in [4.69, 9.17) is 4.74 Å². The number of carbonyl (C=O) groups is 1. The van der Waals surface area contributed by atoms with Crippen LogP contribution in [0.4, 0.5) is 0 Å². The fourth-order valence-corrected chi connectivity index (χ4v) is 3.74. The predicted octanol–water partition coefficient (Wildman–Crippen LogP) is 3.11. The minimum Gasteiger partial charge on any atom is -0.459 e. The maximum Gasteiger partial charge on any atom is 0.324 e. The monoisotopic (exact) mass is 431 g/mol. The van der Waals surface area contributed by atoms with E-state index in [0.717, 1.165) is 31.4 Å². The van der Waals surface area contributed by atoms with Gasteiger partial charge in [0.05, 0.1) is 11.2 Å². The molecular weight excluding hydrogens is 402 g/mol. The van der Waals surface area contributed by atoms with Crippen molar-refractivity contribution in [2.45, 2.75) is 70.0 Å². The van der Waals surface area contributed by atoms with Gasteiger partial charge in [-0.2, -0.15) is 4.72 Å². The van der Waals surface area contributed by atoms with Gasteiger partial charge < -0.3 is 9.30 Å². The molecule has 162 valence electrons. The average Bonchev–Trinajstić information content (AvgIpc) is 3.16. The Morgan fingerprint density at radius 1 is 1.23 bits per heavy atom. The third kappa shape index (κ3) is 8.01. The summed E-state index contributed by atoms with van der Waals surface area (Å²) in [5.74, 6) is 5.53. The molecule has 0 spiro atoms. The summed E-state index contributed by atoms with van der Waals surface area (Å²) in [5, 5.41) is 0. The van der Waals surface area contributed by atoms with Crippen LogP contribution in [0, 0.1) is 11.8 Å². The zero-order valence-electron chi connectivity index (χ0n) is 17.9. The van der Waals surface area contributed by atoms with Gasteiger partial charge >= 0.3 is 5.97 Å². The van der Waals surface area contributed by atoms with E-state index in [9.17, 15) is 13.2 Å². The van der Waals surface area contributed by atoms with Gasteiger partial charge in [-0.3, -0.25) is 4.79 Å². The number of sulfonamides is 1. The summed E-state index contributed by atoms with van der Waals surface area (Å²) in [7, 11) is -3.84. The minimum atomic E-state index is -3.84. The van der Waals surface area contributed by atoms with Gasteiger partial charge in [0.15, 0.2) is 0 Å². The van der Waals surface area contributed by atoms with Crippen molar-refractivity contribution in [3.8, 4) is 11.8 Å². The van der Waals surface area contributed by atoms with Crippen molar-refractivity contribution >= 4 is 16.0 Å². The molecule has 0 saturated carbocycles. The molecule has 0 bridgehead atoms. The lowest BCUT2D eigenvalue weighted by atomic mass is 10.2. The number of hydrogen-bond donors (Lipinski definition) is 1. The van der Waals surface area contributed by atoms with Crippen molar-refractivity contribution in [1.82, 2.24) is 14.3 Å². The lowest BCUT2D eigenvalue weighted by Crippen LogP contribution is -2.42. The highest BCUT2D eigenvalue weighted by atomic mass is 32.2. The maximum absolute atomic E-state index is 12.5. The van der Waals surface area contributed by atoms with Crippen LogP contribution in [-0.2, 0) is 26.1 Å². The normalized spacial score (nSPS) is 12.7. The van der Waals surface area contributed by atoms with Crippen molar-refractivity contribution in [3.05, 3.63) is 48.5 Å². The van der Waals surface area contributed by atoms with Crippen molar-refractivity contribution < 1.29 is 17.9 Å². The molecule has 1 heterocycles. The van der Waals surface area contributed by atoms with Crippen LogP contribution in [0.5, 0.6) is 0 Å². The summed E-state index contributed by atoms with van der Waals surface area (Å²) in [5.41, 5.74) is 0.0556. The zero-order chi connectivity index (χ0) is 22.2. The van der Waals surface area contributed by atoms with Crippen LogP contribution in [0.1, 0.15) is 52.5 Å². The Morgan fingerprint density at radius 2 is 1.93 bits per heavy atom. The summed E-state index contributed by atoms with van der Waals surface area (Å²) >= 11 is 0. The van der Waals surface area contributed by atoms with Crippen molar-refractivity contribution in [2.75, 3.05) is 0 Å². The molecule has 30 heavy (non-hydrogen) atoms. The zero-order valence-corrected chi connectivity index (χ0v) is 18.7. The van der Waals surface area contributed by atoms with Crippen LogP contribution in [0.3, 0.4) is 0 Å². The van der Waals surface area contributed by atoms with Gasteiger partial charge in [0.2, 0.25) is 10.0 Å². The molecule has 1 aromatic carbocycles. The van der Waals surface area contributed by atoms with Crippen molar-refractivity contribution in [1.29, 1.82) is 0 Å². The van der Waals surface area contributed by atoms with Crippen LogP contribution in [0.2, 0.25) is 0 Å². The van der Waals surface area contributed by atoms with E-state index in [0.29, 0.717) is 0 Å². The van der Waals surface area contributed by atoms with Gasteiger partial charge in [-0.15, -0.1) is 0 Å². The first-order valence-electron chi connectivity index (χ1n) is 9.87. The number of unbranched alkanes of at least 4 members (excludes halogenated alkanes) is 2. The van der Waals surface area contributed by atoms with Gasteiger partial charge in [-0.05, 0) is 64.8 Å². The molecule has 1 N–H and O–H groups in total. The molecule has 0 amide bonds. The number of ether oxygens (including phenoxy) is 1. The minimum absolute atomic E-state index is 0.0730. The molecule has 0 saturated heterocycles. The second kappa shape index (κ2) is 10.4. The van der Waals surface area contributed by atoms with Crippen LogP contribution in [0.15, 0.2) is 47.9 Å². The molecule has 0 aliphatic carbocycles. The Balaban J connectivity index is 1.86. The van der Waals surface area contributed by atoms with Gasteiger partial charge in [0, 0.05) is 30.9 Å². The number of imidazole rings is 1. The van der Waals surface area contributed by atoms with E-state index in [2.05, 4.69) is 21.5 Å². The number of carbonyl (C=O) groups excluding carboxylic acids is 1. The Morgan fingerprint density at radius 3 is 2.53 bits per heavy atom. The van der Waals surface area contributed by atoms with Crippen LogP contribution < -0.4 is 4.72 Å². The smallest absolute Gasteiger partial charge is 0.324 e. The molecule has 1 atom stereocenters. The lowest BCUT2D eigenvalue weighted by molar-refractivity contribution is -0.156. The van der Waals surface area contributed by atoms with E-state index in [1.54, 1.807) is 45.4 Å². The molecule has 2 rings (SSSR count). The predicted molar refractivity (Wildman–Crippen MR) is 115 cm³/mol. The second-order valence-electron chi connectivity index (χ2n) is 7.96. The van der Waals surface area contributed by atoms with Gasteiger partial charge in [0.1, 0.15) is 11.6 Å². The molecule has 1 aromatic heterocycles. The number of nitrogens with one attached hydrogen (secondary N) is 1. The molecule has 7 nitrogen and oxygen atoms in total. The standard InChI is InChI=1S/C22H29N3O4S/c1-18(21(26)29-22(2,3)4)24-30(27,28)20-12-10-19(11-13-20)9-7-5-6-8-15-25-16-14-23-17-25/h10-14,16-18,24H,5-6,8,15H2,1-4H3/t18-/m1/s1. The molecule has 0 aliphatic rings. The molecule has 0 radical (unpaired) electrons. The average molecular weight is 432 g/mol. The van der Waals surface area contributed by atoms with E-state index in [-0.39, 0.29) is 4.90 Å². The third-order valence-corrected chi connectivity index (χ3v) is 5.57. The molecule has 0 unspecified atom stereocenters. The second-order valence-corrected chi connectivity index (χ2v) is 9.67. The van der Waals surface area contributed by atoms with Crippen molar-refractivity contribution in [2.24, 2.45) is 0 Å². The van der Waals surface area contributed by atoms with Gasteiger partial charge in [-0.1, -0.05) is 11.8 Å². The largest absolute Gasteiger partial charge is 0.459 e. The molecule has 0 fully saturated rings. The van der Waals surface area contributed by atoms with Crippen molar-refractivity contribution in [3.63, 3.8) is 0 Å². The number of aryl methyl sites for hydroxylation is 1. The fraction of sp³-hybridized carbons (Fsp3) is 0.455. The molecule has 0 aliphatic heterocycles. The van der Waals surface area contributed by atoms with Gasteiger partial charge in [0.25, 0.3) is 0 Å². The highest BCUT2D eigenvalue weighted by Gasteiger charge is 2.26. The van der Waals surface area contributed by atoms with E-state index < -0.39 is 27.6 Å². The van der Waals surface area contributed by atoms with E-state index in [1.165, 1.54) is 19.1 Å². The van der Waals surface area contributed by atoms with E-state index in [1.807, 2.05) is 10.8 Å². The first-order valence-corrected chi connectivity index (χ1v) is 11.3. The third-order valence-electron chi connectivity index (χ3n) is 4.02. The summed E-state index contributed by atoms with van der Waals surface area (Å²) in [6, 6.07) is 5.28. The van der Waals surface area contributed by atoms with E-state index >= 15 is 0 Å². The maximum atomic E-state index is 12.5. The SMILES string of the molecule is C[C@@H](NS(=O)(=O)c1ccc(C#CCCCCn2ccnc2)cc1)C(=O)OC(C)(C)C. The Labute approximate surface area is 178 Å². The molecular formula is C22H29N3O4S. The first-order chi connectivity index (χ1) is 14.1. The fourth-order valence-electron chi connectivity index (χ4n) is 2.55. The topological polar surface area (TPSA) is 90.3 Å². The quantitative estimate of drug-likeness (QED) is 0.394. The Kier molecular flexibility index (Phi) is 8.21. The number of nitrogens with zero attached hydrogens (tertiary/aromatic N) is 2. The summed E-state index contributed by atoms with van der Waals surface area (Å²) in [6.07, 6.45) is 8.25. The highest BCUT2D eigenvalue weighted by Crippen LogP contribution is 2.13. The number of hydrogen-bond acceptors (Lipinski definition) is 5. The summed E-state index contributed by atoms with van der Waals surface area (Å²) in [6.45, 7) is 7.56. The van der Waals surface area contributed by atoms with Gasteiger partial charge in [-0.25, -0.2) is 13.4 Å².